The zero-order chi connectivity index (χ0) is 20.5. The average molecular weight is 495 g/mol. The second-order valence-electron chi connectivity index (χ2n) is 5.85. The molecule has 0 spiro atoms. The van der Waals surface area contributed by atoms with Crippen LogP contribution in [-0.2, 0) is 23.1 Å². The number of hydrogen-bond acceptors (Lipinski definition) is 5. The summed E-state index contributed by atoms with van der Waals surface area (Å²) in [6.45, 7) is -1.54. The molecule has 0 N–H and O–H groups in total. The van der Waals surface area contributed by atoms with Crippen molar-refractivity contribution in [3.8, 4) is 10.6 Å². The summed E-state index contributed by atoms with van der Waals surface area (Å²) in [6, 6.07) is 7.24. The Balaban J connectivity index is 1.80. The van der Waals surface area contributed by atoms with Crippen molar-refractivity contribution in [2.45, 2.75) is 24.3 Å². The molecule has 0 unspecified atom stereocenters. The first-order valence-electron chi connectivity index (χ1n) is 7.81. The molecule has 0 aliphatic heterocycles. The second-order valence-corrected chi connectivity index (χ2v) is 9.61. The van der Waals surface area contributed by atoms with Gasteiger partial charge in [0.25, 0.3) is 10.0 Å². The van der Waals surface area contributed by atoms with E-state index in [9.17, 15) is 21.6 Å². The van der Waals surface area contributed by atoms with Crippen LogP contribution in [0.5, 0.6) is 0 Å². The van der Waals surface area contributed by atoms with E-state index in [1.165, 1.54) is 30.0 Å². The van der Waals surface area contributed by atoms with Gasteiger partial charge in [-0.2, -0.15) is 17.5 Å². The molecule has 12 heteroatoms. The lowest BCUT2D eigenvalue weighted by molar-refractivity contribution is -0.141. The van der Waals surface area contributed by atoms with E-state index in [-0.39, 0.29) is 17.4 Å². The summed E-state index contributed by atoms with van der Waals surface area (Å²) in [6.07, 6.45) is -2.06. The summed E-state index contributed by atoms with van der Waals surface area (Å²) in [5, 5.41) is 1.77. The van der Waals surface area contributed by atoms with Crippen LogP contribution in [0.25, 0.3) is 10.6 Å². The van der Waals surface area contributed by atoms with Crippen LogP contribution in [0.4, 0.5) is 13.2 Å². The SMILES string of the molecule is CN(Cc1nccn1CC(F)(F)F)S(=O)(=O)c1csc(-c2ccc(Br)cc2)n1. The Hall–Kier alpha value is -1.76. The fourth-order valence-corrected chi connectivity index (χ4v) is 4.83. The smallest absolute Gasteiger partial charge is 0.325 e. The molecule has 150 valence electrons. The van der Waals surface area contributed by atoms with Crippen LogP contribution < -0.4 is 0 Å². The van der Waals surface area contributed by atoms with Crippen molar-refractivity contribution in [3.63, 3.8) is 0 Å². The van der Waals surface area contributed by atoms with E-state index in [0.29, 0.717) is 5.01 Å². The highest BCUT2D eigenvalue weighted by molar-refractivity contribution is 9.10. The molecule has 0 saturated carbocycles. The summed E-state index contributed by atoms with van der Waals surface area (Å²) in [7, 11) is -2.70. The van der Waals surface area contributed by atoms with Gasteiger partial charge in [-0.3, -0.25) is 0 Å². The first-order chi connectivity index (χ1) is 13.1. The molecule has 3 rings (SSSR count). The van der Waals surface area contributed by atoms with E-state index in [1.807, 2.05) is 12.1 Å². The highest BCUT2D eigenvalue weighted by Gasteiger charge is 2.30. The molecular formula is C16H14BrF3N4O2S2. The van der Waals surface area contributed by atoms with Gasteiger partial charge in [-0.05, 0) is 12.1 Å². The topological polar surface area (TPSA) is 68.1 Å². The number of imidazole rings is 1. The van der Waals surface area contributed by atoms with Gasteiger partial charge >= 0.3 is 6.18 Å². The molecule has 0 fully saturated rings. The number of hydrogen-bond donors (Lipinski definition) is 0. The molecule has 0 aliphatic carbocycles. The Kier molecular flexibility index (Phi) is 5.94. The zero-order valence-electron chi connectivity index (χ0n) is 14.4. The van der Waals surface area contributed by atoms with Crippen molar-refractivity contribution >= 4 is 37.3 Å². The van der Waals surface area contributed by atoms with Crippen LogP contribution in [-0.4, -0.2) is 40.5 Å². The molecule has 2 aromatic heterocycles. The predicted octanol–water partition coefficient (Wildman–Crippen LogP) is 4.15. The van der Waals surface area contributed by atoms with Crippen molar-refractivity contribution in [1.82, 2.24) is 18.8 Å². The summed E-state index contributed by atoms with van der Waals surface area (Å²) >= 11 is 4.50. The average Bonchev–Trinajstić information content (AvgIpc) is 3.24. The first-order valence-corrected chi connectivity index (χ1v) is 10.9. The Morgan fingerprint density at radius 1 is 1.25 bits per heavy atom. The van der Waals surface area contributed by atoms with Crippen LogP contribution in [0.2, 0.25) is 0 Å². The van der Waals surface area contributed by atoms with Crippen LogP contribution >= 0.6 is 27.3 Å². The lowest BCUT2D eigenvalue weighted by Crippen LogP contribution is -2.29. The van der Waals surface area contributed by atoms with Gasteiger partial charge < -0.3 is 4.57 Å². The highest BCUT2D eigenvalue weighted by Crippen LogP contribution is 2.28. The van der Waals surface area contributed by atoms with Gasteiger partial charge in [0.05, 0.1) is 6.54 Å². The fourth-order valence-electron chi connectivity index (χ4n) is 2.38. The standard InChI is InChI=1S/C16H14BrF3N4O2S2/c1-23(8-13-21-6-7-24(13)10-16(18,19)20)28(25,26)14-9-27-15(22-14)11-2-4-12(17)5-3-11/h2-7,9H,8,10H2,1H3. The largest absolute Gasteiger partial charge is 0.406 e. The number of sulfonamides is 1. The van der Waals surface area contributed by atoms with Crippen LogP contribution in [0.15, 0.2) is 51.5 Å². The summed E-state index contributed by atoms with van der Waals surface area (Å²) in [5.74, 6) is -0.00763. The van der Waals surface area contributed by atoms with Gasteiger partial charge in [0.1, 0.15) is 17.4 Å². The number of halogens is 4. The predicted molar refractivity (Wildman–Crippen MR) is 102 cm³/mol. The number of rotatable bonds is 6. The Labute approximate surface area is 171 Å². The monoisotopic (exact) mass is 494 g/mol. The third kappa shape index (κ3) is 4.80. The van der Waals surface area contributed by atoms with Crippen molar-refractivity contribution in [3.05, 3.63) is 52.3 Å². The molecule has 0 saturated heterocycles. The first kappa shape index (κ1) is 21.0. The van der Waals surface area contributed by atoms with E-state index < -0.39 is 22.7 Å². The summed E-state index contributed by atoms with van der Waals surface area (Å²) in [5.41, 5.74) is 0.762. The van der Waals surface area contributed by atoms with E-state index >= 15 is 0 Å². The van der Waals surface area contributed by atoms with Crippen molar-refractivity contribution in [2.75, 3.05) is 7.05 Å². The molecule has 0 atom stereocenters. The maximum Gasteiger partial charge on any atom is 0.406 e. The van der Waals surface area contributed by atoms with Gasteiger partial charge in [0, 0.05) is 34.9 Å². The number of aromatic nitrogens is 3. The van der Waals surface area contributed by atoms with Crippen LogP contribution in [0, 0.1) is 0 Å². The molecule has 6 nitrogen and oxygen atoms in total. The minimum atomic E-state index is -4.43. The van der Waals surface area contributed by atoms with E-state index in [0.717, 1.165) is 25.1 Å². The third-order valence-corrected chi connectivity index (χ3v) is 7.02. The molecule has 2 heterocycles. The van der Waals surface area contributed by atoms with Gasteiger partial charge in [-0.25, -0.2) is 18.4 Å². The lowest BCUT2D eigenvalue weighted by Gasteiger charge is -2.17. The quantitative estimate of drug-likeness (QED) is 0.516. The van der Waals surface area contributed by atoms with Crippen molar-refractivity contribution < 1.29 is 21.6 Å². The summed E-state index contributed by atoms with van der Waals surface area (Å²) < 4.78 is 66.1. The molecule has 28 heavy (non-hydrogen) atoms. The minimum Gasteiger partial charge on any atom is -0.325 e. The summed E-state index contributed by atoms with van der Waals surface area (Å²) in [4.78, 5) is 8.02. The maximum absolute atomic E-state index is 12.8. The molecule has 1 aromatic carbocycles. The Morgan fingerprint density at radius 3 is 2.57 bits per heavy atom. The van der Waals surface area contributed by atoms with Crippen LogP contribution in [0.1, 0.15) is 5.82 Å². The van der Waals surface area contributed by atoms with Gasteiger partial charge in [0.15, 0.2) is 5.03 Å². The number of thiazole rings is 1. The number of benzene rings is 1. The molecular weight excluding hydrogens is 481 g/mol. The second kappa shape index (κ2) is 7.93. The Morgan fingerprint density at radius 2 is 1.93 bits per heavy atom. The van der Waals surface area contributed by atoms with Gasteiger partial charge in [-0.15, -0.1) is 11.3 Å². The van der Waals surface area contributed by atoms with Crippen molar-refractivity contribution in [1.29, 1.82) is 0 Å². The minimum absolute atomic E-state index is 0.00763. The van der Waals surface area contributed by atoms with Gasteiger partial charge in [-0.1, -0.05) is 28.1 Å². The van der Waals surface area contributed by atoms with E-state index in [2.05, 4.69) is 25.9 Å². The van der Waals surface area contributed by atoms with E-state index in [1.54, 1.807) is 12.1 Å². The lowest BCUT2D eigenvalue weighted by atomic mass is 10.2. The molecule has 0 bridgehead atoms. The number of nitrogens with zero attached hydrogens (tertiary/aromatic N) is 4. The number of alkyl halides is 3. The third-order valence-electron chi connectivity index (χ3n) is 3.76. The molecule has 0 aliphatic rings. The fraction of sp³-hybridized carbons (Fsp3) is 0.250. The molecule has 0 radical (unpaired) electrons. The zero-order valence-corrected chi connectivity index (χ0v) is 17.6. The maximum atomic E-state index is 12.8. The van der Waals surface area contributed by atoms with Crippen molar-refractivity contribution in [2.24, 2.45) is 0 Å². The van der Waals surface area contributed by atoms with E-state index in [4.69, 9.17) is 0 Å². The highest BCUT2D eigenvalue weighted by atomic mass is 79.9. The van der Waals surface area contributed by atoms with Gasteiger partial charge in [0.2, 0.25) is 0 Å². The molecule has 0 amide bonds. The molecule has 3 aromatic rings. The Bertz CT molecular complexity index is 1060. The van der Waals surface area contributed by atoms with Crippen LogP contribution in [0.3, 0.4) is 0 Å². The normalized spacial score (nSPS) is 12.6.